The third kappa shape index (κ3) is 3.02. The lowest BCUT2D eigenvalue weighted by molar-refractivity contribution is 0.166. The average Bonchev–Trinajstić information content (AvgIpc) is 3.43. The predicted molar refractivity (Wildman–Crippen MR) is 182 cm³/mol. The Balaban J connectivity index is 1.27. The number of aromatic nitrogens is 1. The number of rotatable bonds is 1. The summed E-state index contributed by atoms with van der Waals surface area (Å²) in [5.74, 6) is 6.05. The second-order valence-electron chi connectivity index (χ2n) is 16.5. The molecule has 0 N–H and O–H groups in total. The van der Waals surface area contributed by atoms with Gasteiger partial charge in [0, 0.05) is 21.5 Å². The standard InChI is InChI=1S/C43H38N2/c44-21-32-20-37-42(40-31-16-24-9-25(17-31)13-29(12-24)38(32)40)35-19-27(26-4-2-1-3-5-26)18-34-41-36(45(37)43(34)35)7-6-33-28-10-22-8-23(11-28)15-30(14-22)39(33)41/h1-7,18-20,22-25,28-31H,8-17H2. The van der Waals surface area contributed by atoms with E-state index in [1.807, 2.05) is 0 Å². The summed E-state index contributed by atoms with van der Waals surface area (Å²) in [6.07, 6.45) is 13.7. The van der Waals surface area contributed by atoms with Gasteiger partial charge >= 0.3 is 0 Å². The van der Waals surface area contributed by atoms with Crippen LogP contribution in [0.25, 0.3) is 49.2 Å². The van der Waals surface area contributed by atoms with Crippen molar-refractivity contribution in [1.29, 1.82) is 5.26 Å². The Hall–Kier alpha value is -3.83. The number of benzene rings is 4. The minimum absolute atomic E-state index is 0.558. The summed E-state index contributed by atoms with van der Waals surface area (Å²) in [6, 6.07) is 26.4. The van der Waals surface area contributed by atoms with Crippen LogP contribution in [0.2, 0.25) is 0 Å². The first-order valence-electron chi connectivity index (χ1n) is 18.0. The second kappa shape index (κ2) is 8.30. The molecular formula is C43H38N2. The van der Waals surface area contributed by atoms with Crippen LogP contribution in [0.4, 0.5) is 0 Å². The zero-order valence-corrected chi connectivity index (χ0v) is 25.9. The molecule has 4 unspecified atom stereocenters. The quantitative estimate of drug-likeness (QED) is 0.189. The van der Waals surface area contributed by atoms with Gasteiger partial charge < -0.3 is 4.40 Å². The molecule has 0 spiro atoms. The first-order valence-corrected chi connectivity index (χ1v) is 18.0. The van der Waals surface area contributed by atoms with Crippen LogP contribution >= 0.6 is 0 Å². The molecule has 14 rings (SSSR count). The molecule has 4 atom stereocenters. The topological polar surface area (TPSA) is 28.2 Å². The maximum absolute atomic E-state index is 10.7. The highest BCUT2D eigenvalue weighted by atomic mass is 14.9. The molecule has 0 saturated heterocycles. The van der Waals surface area contributed by atoms with E-state index in [2.05, 4.69) is 71.1 Å². The van der Waals surface area contributed by atoms with E-state index in [-0.39, 0.29) is 0 Å². The van der Waals surface area contributed by atoms with Gasteiger partial charge in [0.25, 0.3) is 0 Å². The smallest absolute Gasteiger partial charge is 0.0995 e. The molecule has 6 aromatic rings. The molecule has 8 aliphatic carbocycles. The van der Waals surface area contributed by atoms with Gasteiger partial charge in [-0.2, -0.15) is 5.26 Å². The Labute approximate surface area is 264 Å². The lowest BCUT2D eigenvalue weighted by Gasteiger charge is -2.38. The molecule has 2 aromatic heterocycles. The number of nitrogens with zero attached hydrogens (tertiary/aromatic N) is 2. The Kier molecular flexibility index (Phi) is 4.50. The van der Waals surface area contributed by atoms with Crippen LogP contribution in [0.5, 0.6) is 0 Å². The van der Waals surface area contributed by atoms with Crippen molar-refractivity contribution < 1.29 is 0 Å². The van der Waals surface area contributed by atoms with Gasteiger partial charge in [-0.25, -0.2) is 0 Å². The summed E-state index contributed by atoms with van der Waals surface area (Å²) < 4.78 is 2.64. The highest BCUT2D eigenvalue weighted by molar-refractivity contribution is 6.26. The van der Waals surface area contributed by atoms with Crippen molar-refractivity contribution >= 4 is 38.1 Å². The Morgan fingerprint density at radius 3 is 1.76 bits per heavy atom. The highest BCUT2D eigenvalue weighted by Gasteiger charge is 2.46. The van der Waals surface area contributed by atoms with Gasteiger partial charge in [0.15, 0.2) is 0 Å². The van der Waals surface area contributed by atoms with Crippen LogP contribution in [0.15, 0.2) is 60.7 Å². The Morgan fingerprint density at radius 1 is 0.533 bits per heavy atom. The van der Waals surface area contributed by atoms with E-state index in [9.17, 15) is 5.26 Å². The summed E-state index contributed by atoms with van der Waals surface area (Å²) in [5, 5.41) is 16.7. The van der Waals surface area contributed by atoms with E-state index in [0.29, 0.717) is 17.8 Å². The van der Waals surface area contributed by atoms with Crippen molar-refractivity contribution in [2.75, 3.05) is 0 Å². The summed E-state index contributed by atoms with van der Waals surface area (Å²) >= 11 is 0. The van der Waals surface area contributed by atoms with Crippen molar-refractivity contribution in [2.45, 2.75) is 87.9 Å². The van der Waals surface area contributed by atoms with Gasteiger partial charge in [0.1, 0.15) is 0 Å². The largest absolute Gasteiger partial charge is 0.308 e. The molecule has 8 aliphatic rings. The number of hydrogen-bond donors (Lipinski definition) is 0. The molecule has 4 fully saturated rings. The van der Waals surface area contributed by atoms with Crippen molar-refractivity contribution in [3.63, 3.8) is 0 Å². The maximum Gasteiger partial charge on any atom is 0.0995 e. The van der Waals surface area contributed by atoms with E-state index < -0.39 is 0 Å². The predicted octanol–water partition coefficient (Wildman–Crippen LogP) is 11.2. The number of fused-ring (bicyclic) bond motifs is 6. The summed E-state index contributed by atoms with van der Waals surface area (Å²) in [6.45, 7) is 0. The maximum atomic E-state index is 10.7. The van der Waals surface area contributed by atoms with Gasteiger partial charge in [-0.1, -0.05) is 36.4 Å². The van der Waals surface area contributed by atoms with Gasteiger partial charge in [0.2, 0.25) is 0 Å². The fourth-order valence-corrected chi connectivity index (χ4v) is 13.1. The number of hydrogen-bond acceptors (Lipinski definition) is 1. The molecule has 0 radical (unpaired) electrons. The molecular weight excluding hydrogens is 544 g/mol. The SMILES string of the molecule is N#Cc1cc2c(c3c1C1CC4CC(C1)CC3C4)c1cc(-c3ccccc3)cc3c4c5c(ccc4n2c31)C1CC2CC(C1)CC5C2. The van der Waals surface area contributed by atoms with Crippen LogP contribution < -0.4 is 0 Å². The normalized spacial score (nSPS) is 32.4. The van der Waals surface area contributed by atoms with Gasteiger partial charge in [-0.3, -0.25) is 0 Å². The van der Waals surface area contributed by atoms with E-state index in [4.69, 9.17) is 0 Å². The van der Waals surface area contributed by atoms with Crippen LogP contribution in [0.3, 0.4) is 0 Å². The van der Waals surface area contributed by atoms with Crippen LogP contribution in [0.1, 0.15) is 116 Å². The van der Waals surface area contributed by atoms with Crippen LogP contribution in [-0.2, 0) is 0 Å². The highest BCUT2D eigenvalue weighted by Crippen LogP contribution is 2.61. The monoisotopic (exact) mass is 582 g/mol. The van der Waals surface area contributed by atoms with Crippen molar-refractivity contribution in [3.05, 3.63) is 88.5 Å². The molecule has 2 heteroatoms. The molecule has 0 aliphatic heterocycles. The summed E-state index contributed by atoms with van der Waals surface area (Å²) in [5.41, 5.74) is 14.1. The van der Waals surface area contributed by atoms with Gasteiger partial charge in [0.05, 0.1) is 28.2 Å². The second-order valence-corrected chi connectivity index (χ2v) is 16.5. The lowest BCUT2D eigenvalue weighted by atomic mass is 9.67. The molecule has 8 bridgehead atoms. The third-order valence-electron chi connectivity index (χ3n) is 14.2. The zero-order chi connectivity index (χ0) is 29.1. The molecule has 2 nitrogen and oxygen atoms in total. The van der Waals surface area contributed by atoms with E-state index in [1.165, 1.54) is 114 Å². The average molecular weight is 583 g/mol. The first kappa shape index (κ1) is 24.4. The van der Waals surface area contributed by atoms with Crippen molar-refractivity contribution in [1.82, 2.24) is 4.40 Å². The fourth-order valence-electron chi connectivity index (χ4n) is 13.1. The van der Waals surface area contributed by atoms with Crippen molar-refractivity contribution in [2.24, 2.45) is 23.7 Å². The molecule has 4 saturated carbocycles. The number of nitriles is 1. The minimum Gasteiger partial charge on any atom is -0.308 e. The molecule has 2 heterocycles. The van der Waals surface area contributed by atoms with Crippen LogP contribution in [0, 0.1) is 35.0 Å². The lowest BCUT2D eigenvalue weighted by Crippen LogP contribution is -2.25. The molecule has 0 amide bonds. The van der Waals surface area contributed by atoms with E-state index in [0.717, 1.165) is 35.2 Å². The molecule has 220 valence electrons. The zero-order valence-electron chi connectivity index (χ0n) is 25.9. The van der Waals surface area contributed by atoms with Gasteiger partial charge in [-0.15, -0.1) is 0 Å². The summed E-state index contributed by atoms with van der Waals surface area (Å²) in [4.78, 5) is 0. The van der Waals surface area contributed by atoms with Crippen LogP contribution in [-0.4, -0.2) is 4.40 Å². The van der Waals surface area contributed by atoms with Crippen molar-refractivity contribution in [3.8, 4) is 17.2 Å². The third-order valence-corrected chi connectivity index (χ3v) is 14.2. The van der Waals surface area contributed by atoms with E-state index in [1.54, 1.807) is 22.1 Å². The Bertz CT molecular complexity index is 2270. The first-order chi connectivity index (χ1) is 22.2. The molecule has 4 aromatic carbocycles. The molecule has 45 heavy (non-hydrogen) atoms. The van der Waals surface area contributed by atoms with Gasteiger partial charge in [-0.05, 0) is 169 Å². The minimum atomic E-state index is 0.558. The Morgan fingerprint density at radius 2 is 1.11 bits per heavy atom. The summed E-state index contributed by atoms with van der Waals surface area (Å²) in [7, 11) is 0. The fraction of sp³-hybridized carbons (Fsp3) is 0.419. The van der Waals surface area contributed by atoms with E-state index >= 15 is 0 Å².